The number of nitrogens with one attached hydrogen (secondary N) is 2. The number of piperidine rings is 1. The Bertz CT molecular complexity index is 468. The Kier molecular flexibility index (Phi) is 5.75. The molecule has 0 radical (unpaired) electrons. The second-order valence-corrected chi connectivity index (χ2v) is 5.43. The van der Waals surface area contributed by atoms with Crippen molar-refractivity contribution in [2.24, 2.45) is 5.92 Å². The van der Waals surface area contributed by atoms with Crippen LogP contribution in [0.25, 0.3) is 0 Å². The van der Waals surface area contributed by atoms with E-state index in [1.807, 2.05) is 30.3 Å². The van der Waals surface area contributed by atoms with E-state index in [2.05, 4.69) is 15.5 Å². The molecule has 0 aromatic heterocycles. The number of nitrogens with zero attached hydrogens (tertiary/aromatic N) is 1. The quantitative estimate of drug-likeness (QED) is 0.841. The molecule has 0 bridgehead atoms. The first-order valence-electron chi connectivity index (χ1n) is 7.43. The van der Waals surface area contributed by atoms with E-state index >= 15 is 0 Å². The van der Waals surface area contributed by atoms with E-state index in [0.29, 0.717) is 13.1 Å². The van der Waals surface area contributed by atoms with Crippen LogP contribution in [0, 0.1) is 5.92 Å². The van der Waals surface area contributed by atoms with Crippen molar-refractivity contribution in [3.63, 3.8) is 0 Å². The number of carbonyl (C=O) groups excluding carboxylic acids is 2. The van der Waals surface area contributed by atoms with Gasteiger partial charge in [-0.3, -0.25) is 14.5 Å². The highest BCUT2D eigenvalue weighted by Crippen LogP contribution is 2.16. The van der Waals surface area contributed by atoms with Crippen LogP contribution in [0.5, 0.6) is 0 Å². The number of likely N-dealkylation sites (tertiary alicyclic amines) is 1. The summed E-state index contributed by atoms with van der Waals surface area (Å²) in [6.07, 6.45) is 1.65. The monoisotopic (exact) mass is 289 g/mol. The standard InChI is InChI=1S/C16H23N3O2/c1-17-16(21)14-7-9-19(10-8-14)12-15(20)18-11-13-5-3-2-4-6-13/h2-6,14H,7-12H2,1H3,(H,17,21)(H,18,20). The minimum Gasteiger partial charge on any atom is -0.359 e. The Morgan fingerprint density at radius 1 is 1.19 bits per heavy atom. The van der Waals surface area contributed by atoms with Gasteiger partial charge in [-0.1, -0.05) is 30.3 Å². The highest BCUT2D eigenvalue weighted by atomic mass is 16.2. The van der Waals surface area contributed by atoms with E-state index in [1.165, 1.54) is 0 Å². The summed E-state index contributed by atoms with van der Waals surface area (Å²) in [6.45, 7) is 2.58. The molecule has 114 valence electrons. The van der Waals surface area contributed by atoms with E-state index < -0.39 is 0 Å². The summed E-state index contributed by atoms with van der Waals surface area (Å²) >= 11 is 0. The summed E-state index contributed by atoms with van der Waals surface area (Å²) in [6, 6.07) is 9.88. The smallest absolute Gasteiger partial charge is 0.234 e. The SMILES string of the molecule is CNC(=O)C1CCN(CC(=O)NCc2ccccc2)CC1. The van der Waals surface area contributed by atoms with Gasteiger partial charge in [0.1, 0.15) is 0 Å². The van der Waals surface area contributed by atoms with Gasteiger partial charge in [-0.2, -0.15) is 0 Å². The highest BCUT2D eigenvalue weighted by Gasteiger charge is 2.24. The number of benzene rings is 1. The average molecular weight is 289 g/mol. The van der Waals surface area contributed by atoms with Gasteiger partial charge in [0.2, 0.25) is 11.8 Å². The number of amides is 2. The van der Waals surface area contributed by atoms with Crippen LogP contribution >= 0.6 is 0 Å². The molecule has 2 N–H and O–H groups in total. The number of rotatable bonds is 5. The maximum absolute atomic E-state index is 11.9. The lowest BCUT2D eigenvalue weighted by atomic mass is 9.96. The number of carbonyl (C=O) groups is 2. The molecule has 1 saturated heterocycles. The molecule has 1 fully saturated rings. The summed E-state index contributed by atoms with van der Waals surface area (Å²) in [4.78, 5) is 25.6. The van der Waals surface area contributed by atoms with Crippen molar-refractivity contribution in [2.75, 3.05) is 26.7 Å². The molecular weight excluding hydrogens is 266 g/mol. The zero-order valence-electron chi connectivity index (χ0n) is 12.5. The Labute approximate surface area is 125 Å². The second-order valence-electron chi connectivity index (χ2n) is 5.43. The van der Waals surface area contributed by atoms with Gasteiger partial charge in [-0.25, -0.2) is 0 Å². The van der Waals surface area contributed by atoms with E-state index in [4.69, 9.17) is 0 Å². The first-order valence-corrected chi connectivity index (χ1v) is 7.43. The van der Waals surface area contributed by atoms with E-state index in [-0.39, 0.29) is 17.7 Å². The number of hydrogen-bond acceptors (Lipinski definition) is 3. The lowest BCUT2D eigenvalue weighted by Crippen LogP contribution is -2.43. The maximum Gasteiger partial charge on any atom is 0.234 e. The summed E-state index contributed by atoms with van der Waals surface area (Å²) in [5.41, 5.74) is 1.10. The molecule has 21 heavy (non-hydrogen) atoms. The molecule has 5 nitrogen and oxygen atoms in total. The first-order chi connectivity index (χ1) is 10.2. The third-order valence-corrected chi connectivity index (χ3v) is 3.90. The van der Waals surface area contributed by atoms with Gasteiger partial charge in [0.15, 0.2) is 0 Å². The van der Waals surface area contributed by atoms with Crippen LogP contribution in [0.1, 0.15) is 18.4 Å². The van der Waals surface area contributed by atoms with Crippen molar-refractivity contribution in [3.05, 3.63) is 35.9 Å². The Balaban J connectivity index is 1.68. The Hall–Kier alpha value is -1.88. The topological polar surface area (TPSA) is 61.4 Å². The Morgan fingerprint density at radius 3 is 2.48 bits per heavy atom. The first kappa shape index (κ1) is 15.5. The van der Waals surface area contributed by atoms with Gasteiger partial charge in [0.25, 0.3) is 0 Å². The second kappa shape index (κ2) is 7.78. The van der Waals surface area contributed by atoms with Crippen LogP contribution in [0.15, 0.2) is 30.3 Å². The van der Waals surface area contributed by atoms with Crippen molar-refractivity contribution in [3.8, 4) is 0 Å². The van der Waals surface area contributed by atoms with Crippen LogP contribution in [0.2, 0.25) is 0 Å². The molecule has 0 atom stereocenters. The van der Waals surface area contributed by atoms with Crippen LogP contribution < -0.4 is 10.6 Å². The zero-order chi connectivity index (χ0) is 15.1. The molecule has 5 heteroatoms. The molecule has 2 rings (SSSR count). The molecule has 1 aliphatic heterocycles. The summed E-state index contributed by atoms with van der Waals surface area (Å²) < 4.78 is 0. The van der Waals surface area contributed by atoms with Gasteiger partial charge in [0, 0.05) is 19.5 Å². The zero-order valence-corrected chi connectivity index (χ0v) is 12.5. The van der Waals surface area contributed by atoms with Crippen molar-refractivity contribution in [1.82, 2.24) is 15.5 Å². The van der Waals surface area contributed by atoms with E-state index in [9.17, 15) is 9.59 Å². The van der Waals surface area contributed by atoms with Crippen LogP contribution in [0.4, 0.5) is 0 Å². The third kappa shape index (κ3) is 4.86. The molecular formula is C16H23N3O2. The fourth-order valence-electron chi connectivity index (χ4n) is 2.61. The van der Waals surface area contributed by atoms with Crippen molar-refractivity contribution in [2.45, 2.75) is 19.4 Å². The average Bonchev–Trinajstić information content (AvgIpc) is 2.54. The van der Waals surface area contributed by atoms with E-state index in [1.54, 1.807) is 7.05 Å². The molecule has 0 saturated carbocycles. The van der Waals surface area contributed by atoms with Crippen molar-refractivity contribution >= 4 is 11.8 Å². The lowest BCUT2D eigenvalue weighted by Gasteiger charge is -2.30. The van der Waals surface area contributed by atoms with Crippen LogP contribution in [-0.4, -0.2) is 43.4 Å². The Morgan fingerprint density at radius 2 is 1.86 bits per heavy atom. The fourth-order valence-corrected chi connectivity index (χ4v) is 2.61. The number of hydrogen-bond donors (Lipinski definition) is 2. The molecule has 0 aliphatic carbocycles. The minimum atomic E-state index is 0.0391. The van der Waals surface area contributed by atoms with Crippen molar-refractivity contribution in [1.29, 1.82) is 0 Å². The molecule has 0 unspecified atom stereocenters. The van der Waals surface area contributed by atoms with Crippen LogP contribution in [0.3, 0.4) is 0 Å². The molecule has 1 heterocycles. The van der Waals surface area contributed by atoms with Gasteiger partial charge in [-0.15, -0.1) is 0 Å². The van der Waals surface area contributed by atoms with Crippen molar-refractivity contribution < 1.29 is 9.59 Å². The van der Waals surface area contributed by atoms with Gasteiger partial charge >= 0.3 is 0 Å². The maximum atomic E-state index is 11.9. The van der Waals surface area contributed by atoms with E-state index in [0.717, 1.165) is 31.5 Å². The molecule has 1 aromatic carbocycles. The summed E-state index contributed by atoms with van der Waals surface area (Å²) in [5, 5.41) is 5.62. The molecule has 1 aromatic rings. The third-order valence-electron chi connectivity index (χ3n) is 3.90. The predicted molar refractivity (Wildman–Crippen MR) is 81.5 cm³/mol. The molecule has 2 amide bonds. The normalized spacial score (nSPS) is 16.4. The molecule has 1 aliphatic rings. The summed E-state index contributed by atoms with van der Waals surface area (Å²) in [5.74, 6) is 0.249. The summed E-state index contributed by atoms with van der Waals surface area (Å²) in [7, 11) is 1.67. The van der Waals surface area contributed by atoms with Gasteiger partial charge in [-0.05, 0) is 31.5 Å². The van der Waals surface area contributed by atoms with Gasteiger partial charge < -0.3 is 10.6 Å². The lowest BCUT2D eigenvalue weighted by molar-refractivity contribution is -0.126. The predicted octanol–water partition coefficient (Wildman–Crippen LogP) is 0.761. The van der Waals surface area contributed by atoms with Crippen LogP contribution in [-0.2, 0) is 16.1 Å². The molecule has 0 spiro atoms. The van der Waals surface area contributed by atoms with Gasteiger partial charge in [0.05, 0.1) is 6.54 Å². The highest BCUT2D eigenvalue weighted by molar-refractivity contribution is 5.79. The minimum absolute atomic E-state index is 0.0391. The largest absolute Gasteiger partial charge is 0.359 e. The fraction of sp³-hybridized carbons (Fsp3) is 0.500.